The third kappa shape index (κ3) is 5.86. The molecule has 0 bridgehead atoms. The number of carbonyl (C=O) groups is 2. The van der Waals surface area contributed by atoms with E-state index in [1.807, 2.05) is 55.7 Å². The maximum Gasteiger partial charge on any atom is 0.234 e. The van der Waals surface area contributed by atoms with E-state index in [1.165, 1.54) is 11.8 Å². The Balaban J connectivity index is 1.60. The van der Waals surface area contributed by atoms with Crippen molar-refractivity contribution in [2.24, 2.45) is 0 Å². The largest absolute Gasteiger partial charge is 0.325 e. The van der Waals surface area contributed by atoms with Crippen molar-refractivity contribution >= 4 is 46.6 Å². The van der Waals surface area contributed by atoms with Gasteiger partial charge in [0.1, 0.15) is 5.82 Å². The normalized spacial score (nSPS) is 10.7. The van der Waals surface area contributed by atoms with Crippen molar-refractivity contribution in [3.63, 3.8) is 0 Å². The molecule has 0 fully saturated rings. The Morgan fingerprint density at radius 2 is 1.71 bits per heavy atom. The minimum absolute atomic E-state index is 0.101. The monoisotopic (exact) mass is 457 g/mol. The number of para-hydroxylation sites is 1. The summed E-state index contributed by atoms with van der Waals surface area (Å²) >= 11 is 7.38. The van der Waals surface area contributed by atoms with Gasteiger partial charge in [-0.05, 0) is 50.1 Å². The second-order valence-corrected chi connectivity index (χ2v) is 8.28. The van der Waals surface area contributed by atoms with Gasteiger partial charge in [0.25, 0.3) is 0 Å². The van der Waals surface area contributed by atoms with E-state index in [0.29, 0.717) is 28.2 Å². The van der Waals surface area contributed by atoms with Crippen LogP contribution in [0.3, 0.4) is 0 Å². The number of anilines is 2. The second kappa shape index (κ2) is 10.5. The predicted molar refractivity (Wildman–Crippen MR) is 125 cm³/mol. The van der Waals surface area contributed by atoms with Crippen molar-refractivity contribution in [1.29, 1.82) is 0 Å². The van der Waals surface area contributed by atoms with E-state index in [4.69, 9.17) is 11.6 Å². The summed E-state index contributed by atoms with van der Waals surface area (Å²) in [5, 5.41) is 15.3. The topological polar surface area (TPSA) is 88.9 Å². The molecule has 2 N–H and O–H groups in total. The van der Waals surface area contributed by atoms with E-state index >= 15 is 0 Å². The Hall–Kier alpha value is -2.84. The molecule has 3 rings (SSSR count). The van der Waals surface area contributed by atoms with Crippen LogP contribution in [0.15, 0.2) is 47.6 Å². The number of nitrogens with zero attached hydrogens (tertiary/aromatic N) is 3. The molecule has 1 heterocycles. The number of aryl methyl sites for hydroxylation is 1. The molecule has 0 spiro atoms. The number of thioether (sulfide) groups is 1. The van der Waals surface area contributed by atoms with E-state index < -0.39 is 0 Å². The van der Waals surface area contributed by atoms with E-state index in [0.717, 1.165) is 16.8 Å². The Morgan fingerprint density at radius 3 is 2.45 bits per heavy atom. The molecular formula is C22H24ClN5O2S. The minimum Gasteiger partial charge on any atom is -0.325 e. The van der Waals surface area contributed by atoms with Gasteiger partial charge in [-0.2, -0.15) is 0 Å². The third-order valence-corrected chi connectivity index (χ3v) is 6.10. The number of halogens is 1. The zero-order chi connectivity index (χ0) is 22.4. The van der Waals surface area contributed by atoms with E-state index in [9.17, 15) is 9.59 Å². The Bertz CT molecular complexity index is 1100. The lowest BCUT2D eigenvalue weighted by molar-refractivity contribution is -0.116. The SMILES string of the molecule is CCn1c(CC(=O)Nc2ccccc2C)nnc1SCC(=O)Nc1cccc(Cl)c1C. The first-order chi connectivity index (χ1) is 14.9. The maximum absolute atomic E-state index is 12.5. The van der Waals surface area contributed by atoms with Gasteiger partial charge in [0.2, 0.25) is 11.8 Å². The number of hydrogen-bond donors (Lipinski definition) is 2. The molecule has 7 nitrogen and oxygen atoms in total. The van der Waals surface area contributed by atoms with Gasteiger partial charge in [0.15, 0.2) is 5.16 Å². The molecule has 0 unspecified atom stereocenters. The number of nitrogens with one attached hydrogen (secondary N) is 2. The number of benzene rings is 2. The van der Waals surface area contributed by atoms with Crippen molar-refractivity contribution in [3.05, 3.63) is 64.4 Å². The summed E-state index contributed by atoms with van der Waals surface area (Å²) in [4.78, 5) is 24.8. The van der Waals surface area contributed by atoms with Crippen LogP contribution >= 0.6 is 23.4 Å². The molecule has 0 saturated heterocycles. The highest BCUT2D eigenvalue weighted by molar-refractivity contribution is 7.99. The van der Waals surface area contributed by atoms with Gasteiger partial charge in [-0.25, -0.2) is 0 Å². The van der Waals surface area contributed by atoms with Crippen LogP contribution in [0.2, 0.25) is 5.02 Å². The van der Waals surface area contributed by atoms with Crippen molar-refractivity contribution in [3.8, 4) is 0 Å². The standard InChI is InChI=1S/C22H24ClN5O2S/c1-4-28-19(12-20(29)24-17-10-6-5-8-14(17)2)26-27-22(28)31-13-21(30)25-18-11-7-9-16(23)15(18)3/h5-11H,4,12-13H2,1-3H3,(H,24,29)(H,25,30). The number of amides is 2. The summed E-state index contributed by atoms with van der Waals surface area (Å²) in [6, 6.07) is 13.0. The predicted octanol–water partition coefficient (Wildman–Crippen LogP) is 4.48. The summed E-state index contributed by atoms with van der Waals surface area (Å²) in [7, 11) is 0. The molecule has 0 radical (unpaired) electrons. The summed E-state index contributed by atoms with van der Waals surface area (Å²) in [6.07, 6.45) is 0.101. The molecule has 0 atom stereocenters. The quantitative estimate of drug-likeness (QED) is 0.487. The molecule has 2 aromatic carbocycles. The first-order valence-electron chi connectivity index (χ1n) is 9.84. The average molecular weight is 458 g/mol. The van der Waals surface area contributed by atoms with Gasteiger partial charge in [-0.15, -0.1) is 10.2 Å². The number of aromatic nitrogens is 3. The summed E-state index contributed by atoms with van der Waals surface area (Å²) < 4.78 is 1.85. The van der Waals surface area contributed by atoms with Gasteiger partial charge >= 0.3 is 0 Å². The highest BCUT2D eigenvalue weighted by atomic mass is 35.5. The lowest BCUT2D eigenvalue weighted by Crippen LogP contribution is -2.18. The Kier molecular flexibility index (Phi) is 7.70. The van der Waals surface area contributed by atoms with Crippen molar-refractivity contribution < 1.29 is 9.59 Å². The van der Waals surface area contributed by atoms with Crippen LogP contribution in [0.25, 0.3) is 0 Å². The molecule has 3 aromatic rings. The fraction of sp³-hybridized carbons (Fsp3) is 0.273. The van der Waals surface area contributed by atoms with Gasteiger partial charge in [-0.3, -0.25) is 9.59 Å². The number of rotatable bonds is 8. The zero-order valence-electron chi connectivity index (χ0n) is 17.6. The Morgan fingerprint density at radius 1 is 1.00 bits per heavy atom. The van der Waals surface area contributed by atoms with Crippen LogP contribution in [0.5, 0.6) is 0 Å². The fourth-order valence-corrected chi connectivity index (χ4v) is 3.98. The zero-order valence-corrected chi connectivity index (χ0v) is 19.2. The lowest BCUT2D eigenvalue weighted by Gasteiger charge is -2.10. The Labute approximate surface area is 190 Å². The van der Waals surface area contributed by atoms with Crippen LogP contribution in [-0.4, -0.2) is 32.3 Å². The van der Waals surface area contributed by atoms with Gasteiger partial charge in [-0.1, -0.05) is 47.6 Å². The molecular weight excluding hydrogens is 434 g/mol. The molecule has 2 amide bonds. The van der Waals surface area contributed by atoms with E-state index in [-0.39, 0.29) is 24.0 Å². The van der Waals surface area contributed by atoms with Crippen LogP contribution in [0, 0.1) is 13.8 Å². The molecule has 162 valence electrons. The fourth-order valence-electron chi connectivity index (χ4n) is 2.98. The summed E-state index contributed by atoms with van der Waals surface area (Å²) in [6.45, 7) is 6.34. The van der Waals surface area contributed by atoms with Crippen LogP contribution < -0.4 is 10.6 Å². The van der Waals surface area contributed by atoms with Gasteiger partial charge in [0, 0.05) is 22.9 Å². The summed E-state index contributed by atoms with van der Waals surface area (Å²) in [5.41, 5.74) is 3.27. The minimum atomic E-state index is -0.167. The molecule has 0 aliphatic heterocycles. The average Bonchev–Trinajstić information content (AvgIpc) is 3.13. The van der Waals surface area contributed by atoms with Crippen LogP contribution in [0.1, 0.15) is 23.9 Å². The number of hydrogen-bond acceptors (Lipinski definition) is 5. The van der Waals surface area contributed by atoms with Gasteiger partial charge < -0.3 is 15.2 Å². The molecule has 0 aliphatic carbocycles. The van der Waals surface area contributed by atoms with E-state index in [2.05, 4.69) is 20.8 Å². The van der Waals surface area contributed by atoms with Gasteiger partial charge in [0.05, 0.1) is 12.2 Å². The molecule has 31 heavy (non-hydrogen) atoms. The molecule has 9 heteroatoms. The highest BCUT2D eigenvalue weighted by Gasteiger charge is 2.17. The first kappa shape index (κ1) is 22.8. The van der Waals surface area contributed by atoms with E-state index in [1.54, 1.807) is 12.1 Å². The van der Waals surface area contributed by atoms with Crippen molar-refractivity contribution in [2.75, 3.05) is 16.4 Å². The van der Waals surface area contributed by atoms with Crippen LogP contribution in [-0.2, 0) is 22.6 Å². The summed E-state index contributed by atoms with van der Waals surface area (Å²) in [5.74, 6) is 0.392. The van der Waals surface area contributed by atoms with Crippen molar-refractivity contribution in [2.45, 2.75) is 38.9 Å². The van der Waals surface area contributed by atoms with Crippen molar-refractivity contribution in [1.82, 2.24) is 14.8 Å². The van der Waals surface area contributed by atoms with Crippen LogP contribution in [0.4, 0.5) is 11.4 Å². The lowest BCUT2D eigenvalue weighted by atomic mass is 10.2. The molecule has 1 aromatic heterocycles. The maximum atomic E-state index is 12.5. The molecule has 0 aliphatic rings. The first-order valence-corrected chi connectivity index (χ1v) is 11.2. The number of carbonyl (C=O) groups excluding carboxylic acids is 2. The smallest absolute Gasteiger partial charge is 0.234 e. The second-order valence-electron chi connectivity index (χ2n) is 6.93. The third-order valence-electron chi connectivity index (χ3n) is 4.72. The molecule has 0 saturated carbocycles. The highest BCUT2D eigenvalue weighted by Crippen LogP contribution is 2.24.